The van der Waals surface area contributed by atoms with Gasteiger partial charge in [0, 0.05) is 0 Å². The Morgan fingerprint density at radius 1 is 1.59 bits per heavy atom. The van der Waals surface area contributed by atoms with Gasteiger partial charge in [-0.2, -0.15) is 0 Å². The lowest BCUT2D eigenvalue weighted by Gasteiger charge is -2.46. The van der Waals surface area contributed by atoms with Crippen molar-refractivity contribution in [3.63, 3.8) is 0 Å². The summed E-state index contributed by atoms with van der Waals surface area (Å²) >= 11 is 1.39. The van der Waals surface area contributed by atoms with Crippen LogP contribution < -0.4 is 4.74 Å². The normalized spacial score (nSPS) is 22.1. The molecular formula is C12H15NO3S. The highest BCUT2D eigenvalue weighted by molar-refractivity contribution is 7.12. The summed E-state index contributed by atoms with van der Waals surface area (Å²) in [6.07, 6.45) is 2.20. The molecule has 1 amide bonds. The second-order valence-corrected chi connectivity index (χ2v) is 5.77. The molecule has 1 saturated heterocycles. The molecular weight excluding hydrogens is 238 g/mol. The van der Waals surface area contributed by atoms with Crippen molar-refractivity contribution in [1.29, 1.82) is 0 Å². The molecule has 1 aromatic heterocycles. The van der Waals surface area contributed by atoms with Crippen molar-refractivity contribution < 1.29 is 14.6 Å². The van der Waals surface area contributed by atoms with Gasteiger partial charge in [-0.15, -0.1) is 11.3 Å². The number of likely N-dealkylation sites (tertiary alicyclic amines) is 1. The van der Waals surface area contributed by atoms with Gasteiger partial charge >= 0.3 is 0 Å². The van der Waals surface area contributed by atoms with Gasteiger partial charge in [-0.1, -0.05) is 0 Å². The number of hydrogen-bond donors (Lipinski definition) is 1. The van der Waals surface area contributed by atoms with Gasteiger partial charge in [0.25, 0.3) is 5.91 Å². The predicted octanol–water partition coefficient (Wildman–Crippen LogP) is 1.35. The number of methoxy groups -OCH3 is 1. The first-order valence-electron chi connectivity index (χ1n) is 5.77. The highest BCUT2D eigenvalue weighted by Crippen LogP contribution is 2.45. The first kappa shape index (κ1) is 11.0. The van der Waals surface area contributed by atoms with E-state index in [1.54, 1.807) is 18.1 Å². The van der Waals surface area contributed by atoms with Crippen molar-refractivity contribution in [2.75, 3.05) is 20.2 Å². The second kappa shape index (κ2) is 3.71. The van der Waals surface area contributed by atoms with Gasteiger partial charge in [0.15, 0.2) is 0 Å². The van der Waals surface area contributed by atoms with E-state index in [0.29, 0.717) is 29.6 Å². The average Bonchev–Trinajstić information content (AvgIpc) is 3.02. The lowest BCUT2D eigenvalue weighted by Crippen LogP contribution is -2.64. The quantitative estimate of drug-likeness (QED) is 0.884. The van der Waals surface area contributed by atoms with E-state index < -0.39 is 5.60 Å². The molecule has 2 fully saturated rings. The van der Waals surface area contributed by atoms with E-state index in [0.717, 1.165) is 12.8 Å². The van der Waals surface area contributed by atoms with Crippen LogP contribution in [0.4, 0.5) is 0 Å². The third-order valence-electron chi connectivity index (χ3n) is 3.60. The number of amides is 1. The molecule has 1 N–H and O–H groups in total. The fraction of sp³-hybridized carbons (Fsp3) is 0.583. The number of β-amino-alcohol motifs (C(OH)–C–C–N with tert-alkyl or cyclic N) is 1. The van der Waals surface area contributed by atoms with Gasteiger partial charge in [0.05, 0.1) is 20.2 Å². The van der Waals surface area contributed by atoms with E-state index >= 15 is 0 Å². The van der Waals surface area contributed by atoms with Crippen LogP contribution in [0, 0.1) is 5.92 Å². The Bertz CT molecular complexity index is 446. The minimum atomic E-state index is -0.611. The molecule has 4 nitrogen and oxygen atoms in total. The van der Waals surface area contributed by atoms with Crippen molar-refractivity contribution in [2.45, 2.75) is 18.4 Å². The molecule has 1 aromatic rings. The van der Waals surface area contributed by atoms with Gasteiger partial charge in [-0.25, -0.2) is 0 Å². The Kier molecular flexibility index (Phi) is 2.41. The van der Waals surface area contributed by atoms with Crippen molar-refractivity contribution in [2.24, 2.45) is 5.92 Å². The second-order valence-electron chi connectivity index (χ2n) is 4.86. The van der Waals surface area contributed by atoms with E-state index in [4.69, 9.17) is 4.74 Å². The Morgan fingerprint density at radius 3 is 2.88 bits per heavy atom. The molecule has 92 valence electrons. The molecule has 0 aromatic carbocycles. The van der Waals surface area contributed by atoms with Crippen LogP contribution in [0.2, 0.25) is 0 Å². The molecule has 0 atom stereocenters. The predicted molar refractivity (Wildman–Crippen MR) is 64.4 cm³/mol. The van der Waals surface area contributed by atoms with Crippen molar-refractivity contribution in [1.82, 2.24) is 4.90 Å². The zero-order chi connectivity index (χ0) is 12.0. The van der Waals surface area contributed by atoms with Crippen molar-refractivity contribution in [3.05, 3.63) is 16.3 Å². The number of nitrogens with zero attached hydrogens (tertiary/aromatic N) is 1. The van der Waals surface area contributed by atoms with Crippen LogP contribution in [0.15, 0.2) is 11.4 Å². The molecule has 2 aliphatic rings. The van der Waals surface area contributed by atoms with Gasteiger partial charge in [0.2, 0.25) is 0 Å². The van der Waals surface area contributed by atoms with E-state index in [2.05, 4.69) is 0 Å². The summed E-state index contributed by atoms with van der Waals surface area (Å²) in [7, 11) is 1.56. The third kappa shape index (κ3) is 1.73. The summed E-state index contributed by atoms with van der Waals surface area (Å²) in [6, 6.07) is 1.80. The largest absolute Gasteiger partial charge is 0.495 e. The summed E-state index contributed by atoms with van der Waals surface area (Å²) in [5.74, 6) is 1.01. The maximum absolute atomic E-state index is 12.1. The number of aliphatic hydroxyl groups is 1. The first-order chi connectivity index (χ1) is 8.14. The Balaban J connectivity index is 1.69. The number of rotatable bonds is 3. The summed E-state index contributed by atoms with van der Waals surface area (Å²) < 4.78 is 5.14. The van der Waals surface area contributed by atoms with E-state index in [-0.39, 0.29) is 5.91 Å². The van der Waals surface area contributed by atoms with Crippen LogP contribution in [0.5, 0.6) is 5.75 Å². The lowest BCUT2D eigenvalue weighted by atomic mass is 9.88. The fourth-order valence-electron chi connectivity index (χ4n) is 2.39. The third-order valence-corrected chi connectivity index (χ3v) is 4.48. The number of ether oxygens (including phenoxy) is 1. The summed E-state index contributed by atoms with van der Waals surface area (Å²) in [5.41, 5.74) is -0.611. The number of carbonyl (C=O) groups excluding carboxylic acids is 1. The van der Waals surface area contributed by atoms with Gasteiger partial charge in [0.1, 0.15) is 16.2 Å². The zero-order valence-corrected chi connectivity index (χ0v) is 10.5. The lowest BCUT2D eigenvalue weighted by molar-refractivity contribution is -0.0957. The highest BCUT2D eigenvalue weighted by Gasteiger charge is 2.53. The monoisotopic (exact) mass is 253 g/mol. The zero-order valence-electron chi connectivity index (χ0n) is 9.68. The molecule has 0 bridgehead atoms. The van der Waals surface area contributed by atoms with Gasteiger partial charge < -0.3 is 14.7 Å². The average molecular weight is 253 g/mol. The summed E-state index contributed by atoms with van der Waals surface area (Å²) in [4.78, 5) is 14.5. The SMILES string of the molecule is COc1ccsc1C(=O)N1CC(O)(C2CC2)C1. The van der Waals surface area contributed by atoms with Crippen LogP contribution in [-0.2, 0) is 0 Å². The molecule has 1 aliphatic carbocycles. The first-order valence-corrected chi connectivity index (χ1v) is 6.65. The Hall–Kier alpha value is -1.07. The molecule has 1 aliphatic heterocycles. The van der Waals surface area contributed by atoms with Gasteiger partial charge in [-0.3, -0.25) is 4.79 Å². The van der Waals surface area contributed by atoms with Crippen LogP contribution in [0.1, 0.15) is 22.5 Å². The van der Waals surface area contributed by atoms with Gasteiger partial charge in [-0.05, 0) is 30.2 Å². The highest BCUT2D eigenvalue weighted by atomic mass is 32.1. The number of thiophene rings is 1. The molecule has 3 rings (SSSR count). The fourth-order valence-corrected chi connectivity index (χ4v) is 3.22. The van der Waals surface area contributed by atoms with E-state index in [1.165, 1.54) is 11.3 Å². The molecule has 0 unspecified atom stereocenters. The molecule has 5 heteroatoms. The molecule has 0 spiro atoms. The number of carbonyl (C=O) groups is 1. The Morgan fingerprint density at radius 2 is 2.29 bits per heavy atom. The van der Waals surface area contributed by atoms with Crippen LogP contribution in [-0.4, -0.2) is 41.7 Å². The molecule has 0 radical (unpaired) electrons. The maximum atomic E-state index is 12.1. The van der Waals surface area contributed by atoms with E-state index in [9.17, 15) is 9.90 Å². The van der Waals surface area contributed by atoms with Crippen LogP contribution in [0.3, 0.4) is 0 Å². The van der Waals surface area contributed by atoms with Crippen LogP contribution in [0.25, 0.3) is 0 Å². The van der Waals surface area contributed by atoms with Crippen molar-refractivity contribution in [3.8, 4) is 5.75 Å². The molecule has 1 saturated carbocycles. The minimum Gasteiger partial charge on any atom is -0.495 e. The van der Waals surface area contributed by atoms with E-state index in [1.807, 2.05) is 5.38 Å². The van der Waals surface area contributed by atoms with Crippen molar-refractivity contribution >= 4 is 17.2 Å². The topological polar surface area (TPSA) is 49.8 Å². The smallest absolute Gasteiger partial charge is 0.267 e. The Labute approximate surface area is 104 Å². The maximum Gasteiger partial charge on any atom is 0.267 e. The minimum absolute atomic E-state index is 0.0258. The summed E-state index contributed by atoms with van der Waals surface area (Å²) in [5, 5.41) is 12.0. The van der Waals surface area contributed by atoms with Crippen LogP contribution >= 0.6 is 11.3 Å². The standard InChI is InChI=1S/C12H15NO3S/c1-16-9-4-5-17-10(9)11(14)13-6-12(15,7-13)8-2-3-8/h4-5,8,15H,2-3,6-7H2,1H3. The molecule has 17 heavy (non-hydrogen) atoms. The molecule has 2 heterocycles. The summed E-state index contributed by atoms with van der Waals surface area (Å²) in [6.45, 7) is 0.940. The number of hydrogen-bond acceptors (Lipinski definition) is 4.